The molecule has 2 rings (SSSR count). The van der Waals surface area contributed by atoms with Gasteiger partial charge in [-0.05, 0) is 12.5 Å². The number of amides is 1. The van der Waals surface area contributed by atoms with Crippen molar-refractivity contribution in [1.29, 1.82) is 0 Å². The van der Waals surface area contributed by atoms with Gasteiger partial charge in [-0.15, -0.1) is 0 Å². The van der Waals surface area contributed by atoms with Crippen LogP contribution in [0, 0.1) is 11.8 Å². The number of nitrogens with zero attached hydrogens (tertiary/aromatic N) is 1. The normalized spacial score (nSPS) is 27.5. The van der Waals surface area contributed by atoms with E-state index in [1.165, 1.54) is 11.8 Å². The molecular weight excluding hydrogens is 290 g/mol. The molecule has 1 amide bonds. The lowest BCUT2D eigenvalue weighted by atomic mass is 9.81. The third kappa shape index (κ3) is 3.21. The van der Waals surface area contributed by atoms with Crippen LogP contribution >= 0.6 is 0 Å². The van der Waals surface area contributed by atoms with Gasteiger partial charge in [0.25, 0.3) is 5.92 Å². The van der Waals surface area contributed by atoms with Crippen molar-refractivity contribution in [3.8, 4) is 0 Å². The van der Waals surface area contributed by atoms with Gasteiger partial charge in [0.1, 0.15) is 6.61 Å². The molecule has 22 heavy (non-hydrogen) atoms. The molecule has 1 aromatic carbocycles. The van der Waals surface area contributed by atoms with Crippen molar-refractivity contribution in [2.24, 2.45) is 17.6 Å². The van der Waals surface area contributed by atoms with Crippen LogP contribution in [0.25, 0.3) is 0 Å². The standard InChI is InChI=1S/C16H22F2N2O2/c1-11-9-20(12(2)14(8-19)16(11,17)18)15(21)22-10-13-6-4-3-5-7-13/h3-7,11-12,14H,8-10,19H2,1-2H3/t11?,12-,14?/m0/s1. The van der Waals surface area contributed by atoms with Crippen LogP contribution in [0.15, 0.2) is 30.3 Å². The quantitative estimate of drug-likeness (QED) is 0.933. The Bertz CT molecular complexity index is 510. The van der Waals surface area contributed by atoms with E-state index in [9.17, 15) is 13.6 Å². The Balaban J connectivity index is 2.03. The van der Waals surface area contributed by atoms with E-state index in [1.807, 2.05) is 30.3 Å². The maximum atomic E-state index is 14.1. The summed E-state index contributed by atoms with van der Waals surface area (Å²) >= 11 is 0. The molecule has 1 aliphatic heterocycles. The smallest absolute Gasteiger partial charge is 0.410 e. The van der Waals surface area contributed by atoms with Crippen molar-refractivity contribution >= 4 is 6.09 Å². The molecule has 0 saturated carbocycles. The van der Waals surface area contributed by atoms with Gasteiger partial charge in [0.2, 0.25) is 0 Å². The molecule has 0 aliphatic carbocycles. The van der Waals surface area contributed by atoms with E-state index < -0.39 is 29.9 Å². The monoisotopic (exact) mass is 312 g/mol. The van der Waals surface area contributed by atoms with Crippen molar-refractivity contribution < 1.29 is 18.3 Å². The number of hydrogen-bond acceptors (Lipinski definition) is 3. The molecule has 0 aromatic heterocycles. The Labute approximate surface area is 129 Å². The topological polar surface area (TPSA) is 55.6 Å². The summed E-state index contributed by atoms with van der Waals surface area (Å²) in [4.78, 5) is 13.6. The zero-order chi connectivity index (χ0) is 16.3. The Hall–Kier alpha value is -1.69. The molecule has 0 bridgehead atoms. The second kappa shape index (κ2) is 6.60. The number of carbonyl (C=O) groups is 1. The van der Waals surface area contributed by atoms with E-state index in [0.717, 1.165) is 5.56 Å². The van der Waals surface area contributed by atoms with Gasteiger partial charge < -0.3 is 15.4 Å². The van der Waals surface area contributed by atoms with E-state index in [1.54, 1.807) is 6.92 Å². The fourth-order valence-corrected chi connectivity index (χ4v) is 2.88. The minimum Gasteiger partial charge on any atom is -0.445 e. The number of likely N-dealkylation sites (tertiary alicyclic amines) is 1. The Morgan fingerprint density at radius 2 is 2.00 bits per heavy atom. The van der Waals surface area contributed by atoms with Crippen molar-refractivity contribution in [2.75, 3.05) is 13.1 Å². The van der Waals surface area contributed by atoms with Crippen LogP contribution in [0.4, 0.5) is 13.6 Å². The van der Waals surface area contributed by atoms with Gasteiger partial charge >= 0.3 is 6.09 Å². The van der Waals surface area contributed by atoms with Crippen molar-refractivity contribution in [3.63, 3.8) is 0 Å². The number of carbonyl (C=O) groups excluding carboxylic acids is 1. The molecule has 1 saturated heterocycles. The minimum absolute atomic E-state index is 0.0295. The molecule has 4 nitrogen and oxygen atoms in total. The zero-order valence-corrected chi connectivity index (χ0v) is 12.8. The molecular formula is C16H22F2N2O2. The average molecular weight is 312 g/mol. The van der Waals surface area contributed by atoms with Crippen molar-refractivity contribution in [1.82, 2.24) is 4.90 Å². The highest BCUT2D eigenvalue weighted by Crippen LogP contribution is 2.40. The Morgan fingerprint density at radius 3 is 2.59 bits per heavy atom. The SMILES string of the molecule is CC1CN(C(=O)OCc2ccccc2)[C@@H](C)C(CN)C1(F)F. The van der Waals surface area contributed by atoms with E-state index in [-0.39, 0.29) is 19.7 Å². The van der Waals surface area contributed by atoms with Gasteiger partial charge in [0, 0.05) is 25.0 Å². The minimum atomic E-state index is -2.87. The second-order valence-corrected chi connectivity index (χ2v) is 5.85. The molecule has 1 aromatic rings. The van der Waals surface area contributed by atoms with E-state index in [4.69, 9.17) is 10.5 Å². The first kappa shape index (κ1) is 16.7. The predicted octanol–water partition coefficient (Wildman–Crippen LogP) is 2.87. The number of nitrogens with two attached hydrogens (primary N) is 1. The Morgan fingerprint density at radius 1 is 1.36 bits per heavy atom. The van der Waals surface area contributed by atoms with Crippen LogP contribution in [0.5, 0.6) is 0 Å². The van der Waals surface area contributed by atoms with Crippen LogP contribution in [-0.4, -0.2) is 36.0 Å². The summed E-state index contributed by atoms with van der Waals surface area (Å²) in [6.07, 6.45) is -0.572. The number of benzene rings is 1. The van der Waals surface area contributed by atoms with Crippen LogP contribution in [0.1, 0.15) is 19.4 Å². The third-order valence-corrected chi connectivity index (χ3v) is 4.39. The summed E-state index contributed by atoms with van der Waals surface area (Å²) in [7, 11) is 0. The second-order valence-electron chi connectivity index (χ2n) is 5.85. The van der Waals surface area contributed by atoms with Gasteiger partial charge in [0.15, 0.2) is 0 Å². The number of halogens is 2. The summed E-state index contributed by atoms with van der Waals surface area (Å²) < 4.78 is 33.5. The first-order valence-electron chi connectivity index (χ1n) is 7.43. The maximum absolute atomic E-state index is 14.1. The van der Waals surface area contributed by atoms with Crippen LogP contribution < -0.4 is 5.73 Å². The van der Waals surface area contributed by atoms with Gasteiger partial charge in [-0.25, -0.2) is 13.6 Å². The van der Waals surface area contributed by atoms with Crippen LogP contribution in [0.3, 0.4) is 0 Å². The summed E-state index contributed by atoms with van der Waals surface area (Å²) in [5.41, 5.74) is 6.36. The number of rotatable bonds is 3. The maximum Gasteiger partial charge on any atom is 0.410 e. The van der Waals surface area contributed by atoms with Crippen LogP contribution in [0.2, 0.25) is 0 Å². The average Bonchev–Trinajstić information content (AvgIpc) is 2.50. The molecule has 3 atom stereocenters. The lowest BCUT2D eigenvalue weighted by Gasteiger charge is -2.46. The molecule has 1 heterocycles. The highest BCUT2D eigenvalue weighted by Gasteiger charge is 2.53. The van der Waals surface area contributed by atoms with Crippen molar-refractivity contribution in [2.45, 2.75) is 32.4 Å². The van der Waals surface area contributed by atoms with Crippen LogP contribution in [-0.2, 0) is 11.3 Å². The Kier molecular flexibility index (Phi) is 5.01. The molecule has 1 fully saturated rings. The molecule has 122 valence electrons. The van der Waals surface area contributed by atoms with E-state index >= 15 is 0 Å². The van der Waals surface area contributed by atoms with Gasteiger partial charge in [-0.1, -0.05) is 37.3 Å². The van der Waals surface area contributed by atoms with Gasteiger partial charge in [-0.2, -0.15) is 0 Å². The molecule has 2 N–H and O–H groups in total. The summed E-state index contributed by atoms with van der Waals surface area (Å²) in [6.45, 7) is 2.97. The molecule has 6 heteroatoms. The molecule has 1 aliphatic rings. The first-order chi connectivity index (χ1) is 10.4. The fraction of sp³-hybridized carbons (Fsp3) is 0.562. The summed E-state index contributed by atoms with van der Waals surface area (Å²) in [5, 5.41) is 0. The largest absolute Gasteiger partial charge is 0.445 e. The summed E-state index contributed by atoms with van der Waals surface area (Å²) in [6, 6.07) is 8.59. The summed E-state index contributed by atoms with van der Waals surface area (Å²) in [5.74, 6) is -4.87. The number of ether oxygens (including phenoxy) is 1. The lowest BCUT2D eigenvalue weighted by Crippen LogP contribution is -2.61. The number of piperidine rings is 1. The van der Waals surface area contributed by atoms with Gasteiger partial charge in [0.05, 0.1) is 5.92 Å². The van der Waals surface area contributed by atoms with E-state index in [0.29, 0.717) is 0 Å². The molecule has 2 unspecified atom stereocenters. The van der Waals surface area contributed by atoms with Crippen molar-refractivity contribution in [3.05, 3.63) is 35.9 Å². The van der Waals surface area contributed by atoms with Gasteiger partial charge in [-0.3, -0.25) is 0 Å². The highest BCUT2D eigenvalue weighted by atomic mass is 19.3. The number of hydrogen-bond donors (Lipinski definition) is 1. The zero-order valence-electron chi connectivity index (χ0n) is 12.8. The highest BCUT2D eigenvalue weighted by molar-refractivity contribution is 5.68. The first-order valence-corrected chi connectivity index (χ1v) is 7.43. The lowest BCUT2D eigenvalue weighted by molar-refractivity contribution is -0.155. The fourth-order valence-electron chi connectivity index (χ4n) is 2.88. The molecule has 0 spiro atoms. The van der Waals surface area contributed by atoms with E-state index in [2.05, 4.69) is 0 Å². The predicted molar refractivity (Wildman–Crippen MR) is 79.5 cm³/mol. The number of alkyl halides is 2. The third-order valence-electron chi connectivity index (χ3n) is 4.39. The molecule has 0 radical (unpaired) electrons.